The lowest BCUT2D eigenvalue weighted by molar-refractivity contribution is 0.105. The van der Waals surface area contributed by atoms with Crippen LogP contribution in [0, 0.1) is 17.2 Å². The van der Waals surface area contributed by atoms with Crippen molar-refractivity contribution >= 4 is 0 Å². The Morgan fingerprint density at radius 3 is 2.38 bits per heavy atom. The molecule has 0 spiro atoms. The van der Waals surface area contributed by atoms with Crippen LogP contribution in [0.25, 0.3) is 0 Å². The number of hydrogen-bond acceptors (Lipinski definition) is 3. The molecule has 1 heterocycles. The van der Waals surface area contributed by atoms with Crippen molar-refractivity contribution in [2.75, 3.05) is 13.1 Å². The Balaban J connectivity index is 0.00000106. The van der Waals surface area contributed by atoms with Crippen LogP contribution in [0.5, 0.6) is 0 Å². The van der Waals surface area contributed by atoms with E-state index in [0.29, 0.717) is 12.5 Å². The second kappa shape index (κ2) is 8.55. The van der Waals surface area contributed by atoms with E-state index in [0.717, 1.165) is 25.9 Å². The van der Waals surface area contributed by atoms with E-state index in [2.05, 4.69) is 24.8 Å². The van der Waals surface area contributed by atoms with Crippen LogP contribution in [0.3, 0.4) is 0 Å². The van der Waals surface area contributed by atoms with Gasteiger partial charge in [-0.1, -0.05) is 13.8 Å². The summed E-state index contributed by atoms with van der Waals surface area (Å²) in [5.74, 6) is 0.184. The summed E-state index contributed by atoms with van der Waals surface area (Å²) in [5.41, 5.74) is 0. The fourth-order valence-corrected chi connectivity index (χ4v) is 2.04. The van der Waals surface area contributed by atoms with Gasteiger partial charge in [0, 0.05) is 19.0 Å². The molecule has 0 aromatic heterocycles. The average molecular weight is 226 g/mol. The summed E-state index contributed by atoms with van der Waals surface area (Å²) in [4.78, 5) is 2.38. The molecule has 0 aliphatic carbocycles. The molecule has 1 N–H and O–H groups in total. The summed E-state index contributed by atoms with van der Waals surface area (Å²) < 4.78 is 0. The Hall–Kier alpha value is -0.590. The molecular formula is C13H26N2O. The lowest BCUT2D eigenvalue weighted by Gasteiger charge is -2.24. The molecule has 1 saturated heterocycles. The van der Waals surface area contributed by atoms with Crippen LogP contribution in [0.2, 0.25) is 0 Å². The second-order valence-electron chi connectivity index (χ2n) is 4.40. The molecular weight excluding hydrogens is 200 g/mol. The standard InChI is InChI=1S/C11H20N2O.C2H6/c1-9(2)13-7-4-10(3-6-12)11(14)5-8-13;1-2/h9-11,14H,3-5,7-8H2,1-2H3;1-2H3. The SMILES string of the molecule is CC.CC(C)N1CCC(O)C(CC#N)CC1. The molecule has 1 aliphatic heterocycles. The number of nitrogens with zero attached hydrogens (tertiary/aromatic N) is 2. The van der Waals surface area contributed by atoms with E-state index in [4.69, 9.17) is 5.26 Å². The van der Waals surface area contributed by atoms with E-state index >= 15 is 0 Å². The van der Waals surface area contributed by atoms with Crippen LogP contribution in [0.1, 0.15) is 47.0 Å². The van der Waals surface area contributed by atoms with Crippen LogP contribution in [-0.4, -0.2) is 35.2 Å². The molecule has 0 amide bonds. The number of aliphatic hydroxyl groups is 1. The van der Waals surface area contributed by atoms with E-state index in [1.54, 1.807) is 0 Å². The Kier molecular flexibility index (Phi) is 8.23. The molecule has 0 saturated carbocycles. The first-order chi connectivity index (χ1) is 7.65. The zero-order valence-corrected chi connectivity index (χ0v) is 11.1. The molecule has 1 fully saturated rings. The van der Waals surface area contributed by atoms with Gasteiger partial charge in [-0.25, -0.2) is 0 Å². The number of hydrogen-bond donors (Lipinski definition) is 1. The third-order valence-electron chi connectivity index (χ3n) is 3.13. The predicted octanol–water partition coefficient (Wildman–Crippen LogP) is 2.41. The fraction of sp³-hybridized carbons (Fsp3) is 0.923. The summed E-state index contributed by atoms with van der Waals surface area (Å²) in [6.07, 6.45) is 1.98. The quantitative estimate of drug-likeness (QED) is 0.786. The minimum Gasteiger partial charge on any atom is -0.393 e. The largest absolute Gasteiger partial charge is 0.393 e. The second-order valence-corrected chi connectivity index (χ2v) is 4.40. The van der Waals surface area contributed by atoms with Gasteiger partial charge in [0.15, 0.2) is 0 Å². The molecule has 1 rings (SSSR count). The maximum Gasteiger partial charge on any atom is 0.0625 e. The van der Waals surface area contributed by atoms with E-state index in [1.807, 2.05) is 13.8 Å². The van der Waals surface area contributed by atoms with E-state index < -0.39 is 0 Å². The van der Waals surface area contributed by atoms with Gasteiger partial charge < -0.3 is 10.0 Å². The molecule has 0 aromatic carbocycles. The van der Waals surface area contributed by atoms with E-state index in [9.17, 15) is 5.11 Å². The van der Waals surface area contributed by atoms with Gasteiger partial charge in [-0.05, 0) is 39.2 Å². The minimum absolute atomic E-state index is 0.184. The summed E-state index contributed by atoms with van der Waals surface area (Å²) in [7, 11) is 0. The number of likely N-dealkylation sites (tertiary alicyclic amines) is 1. The van der Waals surface area contributed by atoms with Gasteiger partial charge >= 0.3 is 0 Å². The molecule has 16 heavy (non-hydrogen) atoms. The third kappa shape index (κ3) is 4.96. The van der Waals surface area contributed by atoms with Gasteiger partial charge in [0.2, 0.25) is 0 Å². The van der Waals surface area contributed by atoms with Crippen molar-refractivity contribution < 1.29 is 5.11 Å². The molecule has 0 aromatic rings. The summed E-state index contributed by atoms with van der Waals surface area (Å²) in [6.45, 7) is 10.3. The smallest absolute Gasteiger partial charge is 0.0625 e. The van der Waals surface area contributed by atoms with Crippen molar-refractivity contribution in [2.45, 2.75) is 59.1 Å². The van der Waals surface area contributed by atoms with Crippen molar-refractivity contribution in [3.63, 3.8) is 0 Å². The molecule has 94 valence electrons. The van der Waals surface area contributed by atoms with Crippen molar-refractivity contribution in [2.24, 2.45) is 5.92 Å². The molecule has 3 heteroatoms. The zero-order valence-electron chi connectivity index (χ0n) is 11.1. The Morgan fingerprint density at radius 2 is 1.88 bits per heavy atom. The summed E-state index contributed by atoms with van der Waals surface area (Å²) >= 11 is 0. The maximum atomic E-state index is 9.80. The van der Waals surface area contributed by atoms with Crippen LogP contribution in [-0.2, 0) is 0 Å². The minimum atomic E-state index is -0.279. The first-order valence-corrected chi connectivity index (χ1v) is 6.44. The third-order valence-corrected chi connectivity index (χ3v) is 3.13. The van der Waals surface area contributed by atoms with Gasteiger partial charge in [-0.2, -0.15) is 5.26 Å². The Bertz CT molecular complexity index is 210. The monoisotopic (exact) mass is 226 g/mol. The summed E-state index contributed by atoms with van der Waals surface area (Å²) in [5, 5.41) is 18.4. The first-order valence-electron chi connectivity index (χ1n) is 6.44. The highest BCUT2D eigenvalue weighted by atomic mass is 16.3. The Labute approximate surface area is 100 Å². The van der Waals surface area contributed by atoms with Gasteiger partial charge in [0.1, 0.15) is 0 Å². The molecule has 0 bridgehead atoms. The predicted molar refractivity (Wildman–Crippen MR) is 67.0 cm³/mol. The van der Waals surface area contributed by atoms with Gasteiger partial charge in [-0.3, -0.25) is 0 Å². The molecule has 0 radical (unpaired) electrons. The van der Waals surface area contributed by atoms with E-state index in [-0.39, 0.29) is 12.0 Å². The van der Waals surface area contributed by atoms with Gasteiger partial charge in [0.05, 0.1) is 12.2 Å². The van der Waals surface area contributed by atoms with Crippen molar-refractivity contribution in [3.05, 3.63) is 0 Å². The highest BCUT2D eigenvalue weighted by Gasteiger charge is 2.25. The van der Waals surface area contributed by atoms with Crippen LogP contribution in [0.15, 0.2) is 0 Å². The number of aliphatic hydroxyl groups excluding tert-OH is 1. The van der Waals surface area contributed by atoms with Crippen LogP contribution < -0.4 is 0 Å². The van der Waals surface area contributed by atoms with Gasteiger partial charge in [-0.15, -0.1) is 0 Å². The topological polar surface area (TPSA) is 47.3 Å². The molecule has 1 aliphatic rings. The normalized spacial score (nSPS) is 26.6. The van der Waals surface area contributed by atoms with Crippen molar-refractivity contribution in [1.29, 1.82) is 5.26 Å². The first kappa shape index (κ1) is 15.4. The van der Waals surface area contributed by atoms with Crippen molar-refractivity contribution in [1.82, 2.24) is 4.90 Å². The van der Waals surface area contributed by atoms with Crippen LogP contribution >= 0.6 is 0 Å². The highest BCUT2D eigenvalue weighted by Crippen LogP contribution is 2.21. The zero-order chi connectivity index (χ0) is 12.6. The lowest BCUT2D eigenvalue weighted by atomic mass is 9.95. The molecule has 2 atom stereocenters. The van der Waals surface area contributed by atoms with Crippen molar-refractivity contribution in [3.8, 4) is 6.07 Å². The molecule has 3 nitrogen and oxygen atoms in total. The fourth-order valence-electron chi connectivity index (χ4n) is 2.04. The molecule has 2 unspecified atom stereocenters. The summed E-state index contributed by atoms with van der Waals surface area (Å²) in [6, 6.07) is 2.71. The average Bonchev–Trinajstić information content (AvgIpc) is 2.46. The highest BCUT2D eigenvalue weighted by molar-refractivity contribution is 4.84. The number of rotatable bonds is 2. The van der Waals surface area contributed by atoms with Gasteiger partial charge in [0.25, 0.3) is 0 Å². The van der Waals surface area contributed by atoms with Crippen LogP contribution in [0.4, 0.5) is 0 Å². The lowest BCUT2D eigenvalue weighted by Crippen LogP contribution is -2.31. The Morgan fingerprint density at radius 1 is 1.31 bits per heavy atom. The maximum absolute atomic E-state index is 9.80. The van der Waals surface area contributed by atoms with E-state index in [1.165, 1.54) is 0 Å². The number of nitriles is 1.